The van der Waals surface area contributed by atoms with Crippen molar-refractivity contribution < 1.29 is 4.79 Å². The summed E-state index contributed by atoms with van der Waals surface area (Å²) in [6, 6.07) is 0. The summed E-state index contributed by atoms with van der Waals surface area (Å²) in [5.74, 6) is 0.0953. The minimum absolute atomic E-state index is 0.0453. The van der Waals surface area contributed by atoms with Crippen LogP contribution in [0, 0.1) is 0 Å². The van der Waals surface area contributed by atoms with Gasteiger partial charge >= 0.3 is 0 Å². The highest BCUT2D eigenvalue weighted by molar-refractivity contribution is 5.78. The molecular weight excluding hydrogens is 214 g/mol. The molecule has 96 valence electrons. The van der Waals surface area contributed by atoms with E-state index in [4.69, 9.17) is 0 Å². The number of rotatable bonds is 7. The fraction of sp³-hybridized carbons (Fsp3) is 0.615. The van der Waals surface area contributed by atoms with Gasteiger partial charge in [-0.25, -0.2) is 0 Å². The Labute approximate surface area is 104 Å². The summed E-state index contributed by atoms with van der Waals surface area (Å²) < 4.78 is 0. The lowest BCUT2D eigenvalue weighted by atomic mass is 10.0. The molecule has 0 spiro atoms. The summed E-state index contributed by atoms with van der Waals surface area (Å²) in [6.07, 6.45) is 4.53. The number of carbonyl (C=O) groups excluding carboxylic acids is 1. The third-order valence-corrected chi connectivity index (χ3v) is 3.09. The molecule has 1 amide bonds. The van der Waals surface area contributed by atoms with Gasteiger partial charge in [0.15, 0.2) is 0 Å². The Morgan fingerprint density at radius 2 is 2.12 bits per heavy atom. The normalized spacial score (nSPS) is 23.4. The van der Waals surface area contributed by atoms with Crippen LogP contribution in [0.5, 0.6) is 0 Å². The number of nitrogens with one attached hydrogen (secondary N) is 2. The molecule has 1 rings (SSSR count). The fourth-order valence-electron chi connectivity index (χ4n) is 1.96. The molecule has 17 heavy (non-hydrogen) atoms. The van der Waals surface area contributed by atoms with Gasteiger partial charge in [0, 0.05) is 25.2 Å². The molecule has 0 bridgehead atoms. The minimum atomic E-state index is 0.0453. The molecule has 2 N–H and O–H groups in total. The Morgan fingerprint density at radius 1 is 1.47 bits per heavy atom. The lowest BCUT2D eigenvalue weighted by molar-refractivity contribution is -0.129. The van der Waals surface area contributed by atoms with E-state index >= 15 is 0 Å². The van der Waals surface area contributed by atoms with Gasteiger partial charge in [0.05, 0.1) is 6.54 Å². The van der Waals surface area contributed by atoms with E-state index in [0.717, 1.165) is 19.5 Å². The van der Waals surface area contributed by atoms with Crippen LogP contribution in [0.2, 0.25) is 0 Å². The molecule has 1 atom stereocenters. The largest absolute Gasteiger partial charge is 0.334 e. The van der Waals surface area contributed by atoms with Crippen LogP contribution in [0.25, 0.3) is 0 Å². The van der Waals surface area contributed by atoms with Crippen LogP contribution in [0.1, 0.15) is 13.3 Å². The van der Waals surface area contributed by atoms with E-state index in [1.54, 1.807) is 17.1 Å². The first-order valence-electron chi connectivity index (χ1n) is 6.06. The van der Waals surface area contributed by atoms with E-state index in [-0.39, 0.29) is 11.4 Å². The van der Waals surface area contributed by atoms with Crippen molar-refractivity contribution in [1.29, 1.82) is 0 Å². The standard InChI is InChI=1S/C13H23N3O/c1-4-8-16(9-5-2)12(17)10-15-13(3)6-7-14-11-13/h4-5,14-15H,1-2,6-11H2,3H3. The Hall–Kier alpha value is -1.13. The molecular formula is C13H23N3O. The van der Waals surface area contributed by atoms with Gasteiger partial charge in [-0.15, -0.1) is 13.2 Å². The van der Waals surface area contributed by atoms with Gasteiger partial charge < -0.3 is 15.5 Å². The van der Waals surface area contributed by atoms with Gasteiger partial charge in [0.25, 0.3) is 0 Å². The zero-order chi connectivity index (χ0) is 12.7. The average molecular weight is 237 g/mol. The fourth-order valence-corrected chi connectivity index (χ4v) is 1.96. The first-order chi connectivity index (χ1) is 8.11. The van der Waals surface area contributed by atoms with Crippen LogP contribution >= 0.6 is 0 Å². The second kappa shape index (κ2) is 6.57. The molecule has 4 heteroatoms. The topological polar surface area (TPSA) is 44.4 Å². The van der Waals surface area contributed by atoms with Crippen LogP contribution < -0.4 is 10.6 Å². The molecule has 1 heterocycles. The number of amides is 1. The van der Waals surface area contributed by atoms with E-state index in [1.165, 1.54) is 0 Å². The number of carbonyl (C=O) groups is 1. The molecule has 4 nitrogen and oxygen atoms in total. The van der Waals surface area contributed by atoms with E-state index in [1.807, 2.05) is 0 Å². The molecule has 0 aromatic carbocycles. The SMILES string of the molecule is C=CCN(CC=C)C(=O)CNC1(C)CCNC1. The predicted molar refractivity (Wildman–Crippen MR) is 70.9 cm³/mol. The minimum Gasteiger partial charge on any atom is -0.334 e. The van der Waals surface area contributed by atoms with E-state index in [2.05, 4.69) is 30.7 Å². The van der Waals surface area contributed by atoms with Gasteiger partial charge in [-0.3, -0.25) is 4.79 Å². The van der Waals surface area contributed by atoms with Crippen molar-refractivity contribution in [3.05, 3.63) is 25.3 Å². The Bertz CT molecular complexity index is 272. The quantitative estimate of drug-likeness (QED) is 0.635. The number of hydrogen-bond acceptors (Lipinski definition) is 3. The van der Waals surface area contributed by atoms with Crippen molar-refractivity contribution in [2.45, 2.75) is 18.9 Å². The molecule has 0 radical (unpaired) electrons. The summed E-state index contributed by atoms with van der Waals surface area (Å²) in [5, 5.41) is 6.63. The summed E-state index contributed by atoms with van der Waals surface area (Å²) in [4.78, 5) is 13.7. The van der Waals surface area contributed by atoms with Gasteiger partial charge in [0.1, 0.15) is 0 Å². The lowest BCUT2D eigenvalue weighted by Gasteiger charge is -2.26. The van der Waals surface area contributed by atoms with Crippen molar-refractivity contribution in [3.8, 4) is 0 Å². The second-order valence-corrected chi connectivity index (χ2v) is 4.72. The summed E-state index contributed by atoms with van der Waals surface area (Å²) in [5.41, 5.74) is 0.0453. The maximum atomic E-state index is 12.0. The Morgan fingerprint density at radius 3 is 2.59 bits per heavy atom. The van der Waals surface area contributed by atoms with Gasteiger partial charge in [-0.05, 0) is 19.9 Å². The number of hydrogen-bond donors (Lipinski definition) is 2. The zero-order valence-corrected chi connectivity index (χ0v) is 10.7. The van der Waals surface area contributed by atoms with Crippen LogP contribution in [0.15, 0.2) is 25.3 Å². The zero-order valence-electron chi connectivity index (χ0n) is 10.7. The first kappa shape index (κ1) is 13.9. The van der Waals surface area contributed by atoms with Crippen LogP contribution in [0.3, 0.4) is 0 Å². The van der Waals surface area contributed by atoms with Crippen molar-refractivity contribution in [2.75, 3.05) is 32.7 Å². The monoisotopic (exact) mass is 237 g/mol. The molecule has 0 aromatic heterocycles. The highest BCUT2D eigenvalue weighted by Crippen LogP contribution is 2.12. The summed E-state index contributed by atoms with van der Waals surface area (Å²) >= 11 is 0. The third-order valence-electron chi connectivity index (χ3n) is 3.09. The molecule has 0 aliphatic carbocycles. The maximum Gasteiger partial charge on any atom is 0.237 e. The van der Waals surface area contributed by atoms with E-state index in [9.17, 15) is 4.79 Å². The Kier molecular flexibility index (Phi) is 5.38. The van der Waals surface area contributed by atoms with Crippen molar-refractivity contribution in [1.82, 2.24) is 15.5 Å². The van der Waals surface area contributed by atoms with Crippen molar-refractivity contribution in [3.63, 3.8) is 0 Å². The smallest absolute Gasteiger partial charge is 0.237 e. The average Bonchev–Trinajstić information content (AvgIpc) is 2.73. The van der Waals surface area contributed by atoms with E-state index < -0.39 is 0 Å². The molecule has 1 saturated heterocycles. The summed E-state index contributed by atoms with van der Waals surface area (Å²) in [7, 11) is 0. The van der Waals surface area contributed by atoms with Gasteiger partial charge in [-0.1, -0.05) is 12.2 Å². The Balaban J connectivity index is 2.40. The highest BCUT2D eigenvalue weighted by atomic mass is 16.2. The molecule has 1 aliphatic heterocycles. The van der Waals surface area contributed by atoms with Crippen LogP contribution in [0.4, 0.5) is 0 Å². The molecule has 1 unspecified atom stereocenters. The first-order valence-corrected chi connectivity index (χ1v) is 6.06. The highest BCUT2D eigenvalue weighted by Gasteiger charge is 2.28. The second-order valence-electron chi connectivity index (χ2n) is 4.72. The van der Waals surface area contributed by atoms with Crippen molar-refractivity contribution in [2.24, 2.45) is 0 Å². The van der Waals surface area contributed by atoms with Crippen molar-refractivity contribution >= 4 is 5.91 Å². The lowest BCUT2D eigenvalue weighted by Crippen LogP contribution is -2.49. The number of nitrogens with zero attached hydrogens (tertiary/aromatic N) is 1. The van der Waals surface area contributed by atoms with Crippen LogP contribution in [-0.2, 0) is 4.79 Å². The molecule has 0 aromatic rings. The maximum absolute atomic E-state index is 12.0. The third kappa shape index (κ3) is 4.32. The summed E-state index contributed by atoms with van der Waals surface area (Å²) in [6.45, 7) is 12.9. The van der Waals surface area contributed by atoms with E-state index in [0.29, 0.717) is 19.6 Å². The van der Waals surface area contributed by atoms with Gasteiger partial charge in [-0.2, -0.15) is 0 Å². The van der Waals surface area contributed by atoms with Gasteiger partial charge in [0.2, 0.25) is 5.91 Å². The molecule has 1 fully saturated rings. The molecule has 0 saturated carbocycles. The predicted octanol–water partition coefficient (Wildman–Crippen LogP) is 0.529. The molecule has 1 aliphatic rings. The van der Waals surface area contributed by atoms with Crippen LogP contribution in [-0.4, -0.2) is 49.1 Å².